The molecule has 2 aromatic heterocycles. The lowest BCUT2D eigenvalue weighted by Gasteiger charge is -2.21. The van der Waals surface area contributed by atoms with Crippen molar-refractivity contribution in [2.75, 3.05) is 0 Å². The molecule has 10 aromatic rings. The van der Waals surface area contributed by atoms with Gasteiger partial charge >= 0.3 is 0 Å². The minimum absolute atomic E-state index is 0.0992. The van der Waals surface area contributed by atoms with Crippen LogP contribution in [0, 0.1) is 0 Å². The van der Waals surface area contributed by atoms with Gasteiger partial charge in [-0.3, -0.25) is 0 Å². The van der Waals surface area contributed by atoms with E-state index in [9.17, 15) is 0 Å². The van der Waals surface area contributed by atoms with Crippen LogP contribution in [-0.4, -0.2) is 15.0 Å². The zero-order chi connectivity index (χ0) is 37.4. The Hall–Kier alpha value is -7.17. The maximum Gasteiger partial charge on any atom is 0.164 e. The lowest BCUT2D eigenvalue weighted by molar-refractivity contribution is 0.660. The van der Waals surface area contributed by atoms with Crippen LogP contribution in [0.1, 0.15) is 25.0 Å². The van der Waals surface area contributed by atoms with E-state index in [1.54, 1.807) is 0 Å². The highest BCUT2D eigenvalue weighted by molar-refractivity contribution is 6.19. The van der Waals surface area contributed by atoms with Crippen LogP contribution in [0.2, 0.25) is 0 Å². The molecule has 8 aromatic carbocycles. The molecule has 56 heavy (non-hydrogen) atoms. The fourth-order valence-corrected chi connectivity index (χ4v) is 8.75. The van der Waals surface area contributed by atoms with Gasteiger partial charge in [-0.05, 0) is 74.2 Å². The van der Waals surface area contributed by atoms with Gasteiger partial charge in [0.25, 0.3) is 0 Å². The molecular formula is C52H35N3O. The van der Waals surface area contributed by atoms with E-state index < -0.39 is 0 Å². The topological polar surface area (TPSA) is 51.8 Å². The molecule has 0 amide bonds. The molecule has 4 nitrogen and oxygen atoms in total. The van der Waals surface area contributed by atoms with Gasteiger partial charge in [0.05, 0.1) is 0 Å². The fourth-order valence-electron chi connectivity index (χ4n) is 8.75. The first kappa shape index (κ1) is 32.3. The second-order valence-electron chi connectivity index (χ2n) is 15.2. The summed E-state index contributed by atoms with van der Waals surface area (Å²) in [5, 5.41) is 4.11. The maximum atomic E-state index is 6.70. The van der Waals surface area contributed by atoms with Gasteiger partial charge in [-0.2, -0.15) is 0 Å². The van der Waals surface area contributed by atoms with Crippen molar-refractivity contribution in [1.29, 1.82) is 0 Å². The Morgan fingerprint density at radius 3 is 1.73 bits per heavy atom. The van der Waals surface area contributed by atoms with E-state index in [1.807, 2.05) is 12.1 Å². The molecule has 0 radical (unpaired) electrons. The molecule has 0 saturated heterocycles. The molecular weight excluding hydrogens is 683 g/mol. The van der Waals surface area contributed by atoms with Crippen molar-refractivity contribution in [1.82, 2.24) is 15.0 Å². The van der Waals surface area contributed by atoms with E-state index in [2.05, 4.69) is 178 Å². The highest BCUT2D eigenvalue weighted by Gasteiger charge is 2.35. The van der Waals surface area contributed by atoms with E-state index in [0.29, 0.717) is 17.5 Å². The Kier molecular flexibility index (Phi) is 7.17. The molecule has 1 aliphatic rings. The van der Waals surface area contributed by atoms with Gasteiger partial charge < -0.3 is 4.42 Å². The molecule has 0 spiro atoms. The summed E-state index contributed by atoms with van der Waals surface area (Å²) < 4.78 is 6.70. The number of aromatic nitrogens is 3. The Labute approximate surface area is 324 Å². The van der Waals surface area contributed by atoms with Crippen LogP contribution in [0.5, 0.6) is 0 Å². The molecule has 0 bridgehead atoms. The SMILES string of the molecule is CC1(C)c2ccccc2-c2cc(-c3nc(-c4ccccc4-c4ccccc4)nc(-c4cc5c6ccc(-c7ccccc7)cc6oc5c5ccccc45)n3)ccc21. The van der Waals surface area contributed by atoms with Crippen molar-refractivity contribution < 1.29 is 4.42 Å². The van der Waals surface area contributed by atoms with Crippen LogP contribution in [0.25, 0.3) is 100 Å². The third kappa shape index (κ3) is 5.03. The number of furan rings is 1. The van der Waals surface area contributed by atoms with Gasteiger partial charge in [-0.1, -0.05) is 166 Å². The molecule has 0 aliphatic heterocycles. The Morgan fingerprint density at radius 2 is 0.946 bits per heavy atom. The molecule has 0 saturated carbocycles. The fraction of sp³-hybridized carbons (Fsp3) is 0.0577. The van der Waals surface area contributed by atoms with Crippen molar-refractivity contribution >= 4 is 32.7 Å². The van der Waals surface area contributed by atoms with E-state index in [1.165, 1.54) is 22.3 Å². The third-order valence-corrected chi connectivity index (χ3v) is 11.6. The smallest absolute Gasteiger partial charge is 0.164 e. The normalized spacial score (nSPS) is 13.0. The number of hydrogen-bond acceptors (Lipinski definition) is 4. The number of hydrogen-bond donors (Lipinski definition) is 0. The summed E-state index contributed by atoms with van der Waals surface area (Å²) in [5.74, 6) is 1.87. The first-order valence-electron chi connectivity index (χ1n) is 19.1. The van der Waals surface area contributed by atoms with Crippen LogP contribution in [0.4, 0.5) is 0 Å². The van der Waals surface area contributed by atoms with Crippen molar-refractivity contribution in [3.63, 3.8) is 0 Å². The van der Waals surface area contributed by atoms with Gasteiger partial charge in [-0.25, -0.2) is 15.0 Å². The van der Waals surface area contributed by atoms with Gasteiger partial charge in [0.1, 0.15) is 11.2 Å². The average Bonchev–Trinajstić information content (AvgIpc) is 3.75. The second kappa shape index (κ2) is 12.4. The van der Waals surface area contributed by atoms with Gasteiger partial charge in [0.15, 0.2) is 17.5 Å². The van der Waals surface area contributed by atoms with Crippen LogP contribution in [0.15, 0.2) is 180 Å². The van der Waals surface area contributed by atoms with E-state index in [-0.39, 0.29) is 5.41 Å². The van der Waals surface area contributed by atoms with Crippen LogP contribution in [0.3, 0.4) is 0 Å². The van der Waals surface area contributed by atoms with Crippen molar-refractivity contribution in [3.05, 3.63) is 187 Å². The molecule has 264 valence electrons. The van der Waals surface area contributed by atoms with Crippen LogP contribution < -0.4 is 0 Å². The van der Waals surface area contributed by atoms with Crippen molar-refractivity contribution in [2.45, 2.75) is 19.3 Å². The van der Waals surface area contributed by atoms with Crippen molar-refractivity contribution in [2.24, 2.45) is 0 Å². The van der Waals surface area contributed by atoms with Crippen molar-refractivity contribution in [3.8, 4) is 67.5 Å². The summed E-state index contributed by atoms with van der Waals surface area (Å²) in [6.45, 7) is 4.61. The summed E-state index contributed by atoms with van der Waals surface area (Å²) in [6.07, 6.45) is 0. The summed E-state index contributed by atoms with van der Waals surface area (Å²) in [6, 6.07) is 61.8. The molecule has 0 fully saturated rings. The highest BCUT2D eigenvalue weighted by atomic mass is 16.3. The van der Waals surface area contributed by atoms with E-state index in [0.717, 1.165) is 71.7 Å². The summed E-state index contributed by atoms with van der Waals surface area (Å²) in [5.41, 5.74) is 14.0. The molecule has 2 heterocycles. The van der Waals surface area contributed by atoms with Crippen LogP contribution >= 0.6 is 0 Å². The van der Waals surface area contributed by atoms with E-state index >= 15 is 0 Å². The molecule has 0 atom stereocenters. The number of benzene rings is 8. The number of fused-ring (bicyclic) bond motifs is 8. The zero-order valence-corrected chi connectivity index (χ0v) is 31.0. The molecule has 4 heteroatoms. The quantitative estimate of drug-likeness (QED) is 0.178. The third-order valence-electron chi connectivity index (χ3n) is 11.6. The van der Waals surface area contributed by atoms with Gasteiger partial charge in [-0.15, -0.1) is 0 Å². The first-order valence-corrected chi connectivity index (χ1v) is 19.1. The standard InChI is InChI=1S/C52H35N3O/c1-52(2)45-24-14-13-21-38(45)42-29-35(26-28-46(42)52)49-53-50(41-23-12-9-19-36(41)33-17-7-4-8-18-33)55-51(54-49)44-31-43-39-27-25-34(32-15-5-3-6-16-32)30-47(39)56-48(43)40-22-11-10-20-37(40)44/h3-31H,1-2H3. The maximum absolute atomic E-state index is 6.70. The first-order chi connectivity index (χ1) is 27.5. The summed E-state index contributed by atoms with van der Waals surface area (Å²) >= 11 is 0. The molecule has 1 aliphatic carbocycles. The minimum Gasteiger partial charge on any atom is -0.455 e. The predicted octanol–water partition coefficient (Wildman–Crippen LogP) is 13.6. The molecule has 11 rings (SSSR count). The van der Waals surface area contributed by atoms with E-state index in [4.69, 9.17) is 19.4 Å². The van der Waals surface area contributed by atoms with Crippen LogP contribution in [-0.2, 0) is 5.41 Å². The number of rotatable bonds is 5. The second-order valence-corrected chi connectivity index (χ2v) is 15.2. The lowest BCUT2D eigenvalue weighted by atomic mass is 9.82. The Balaban J connectivity index is 1.16. The lowest BCUT2D eigenvalue weighted by Crippen LogP contribution is -2.14. The largest absolute Gasteiger partial charge is 0.455 e. The average molecular weight is 718 g/mol. The molecule has 0 N–H and O–H groups in total. The predicted molar refractivity (Wildman–Crippen MR) is 229 cm³/mol. The summed E-state index contributed by atoms with van der Waals surface area (Å²) in [7, 11) is 0. The number of nitrogens with zero attached hydrogens (tertiary/aromatic N) is 3. The molecule has 0 unspecified atom stereocenters. The van der Waals surface area contributed by atoms with Gasteiger partial charge in [0.2, 0.25) is 0 Å². The highest BCUT2D eigenvalue weighted by Crippen LogP contribution is 2.49. The Morgan fingerprint density at radius 1 is 0.357 bits per heavy atom. The zero-order valence-electron chi connectivity index (χ0n) is 31.0. The monoisotopic (exact) mass is 717 g/mol. The van der Waals surface area contributed by atoms with Gasteiger partial charge in [0, 0.05) is 38.3 Å². The Bertz CT molecular complexity index is 3160. The summed E-state index contributed by atoms with van der Waals surface area (Å²) in [4.78, 5) is 16.0. The minimum atomic E-state index is -0.0992.